The highest BCUT2D eigenvalue weighted by atomic mass is 32.1. The molecule has 4 rings (SSSR count). The van der Waals surface area contributed by atoms with Crippen molar-refractivity contribution in [3.63, 3.8) is 0 Å². The number of likely N-dealkylation sites (tertiary alicyclic amines) is 1. The summed E-state index contributed by atoms with van der Waals surface area (Å²) < 4.78 is 2.30. The highest BCUT2D eigenvalue weighted by Crippen LogP contribution is 2.33. The van der Waals surface area contributed by atoms with Crippen molar-refractivity contribution >= 4 is 23.0 Å². The van der Waals surface area contributed by atoms with Gasteiger partial charge in [0.05, 0.1) is 11.3 Å². The number of carbonyl (C=O) groups excluding carboxylic acids is 2. The maximum absolute atomic E-state index is 12.8. The second-order valence-corrected chi connectivity index (χ2v) is 8.52. The van der Waals surface area contributed by atoms with Crippen molar-refractivity contribution in [1.82, 2.24) is 14.5 Å². The zero-order chi connectivity index (χ0) is 18.1. The smallest absolute Gasteiger partial charge is 0.227 e. The van der Waals surface area contributed by atoms with Crippen LogP contribution in [0.5, 0.6) is 0 Å². The maximum atomic E-state index is 12.8. The Morgan fingerprint density at radius 3 is 2.88 bits per heavy atom. The number of carbonyl (C=O) groups is 2. The molecule has 2 aromatic rings. The van der Waals surface area contributed by atoms with Crippen LogP contribution < -0.4 is 0 Å². The lowest BCUT2D eigenvalue weighted by atomic mass is 9.96. The lowest BCUT2D eigenvalue weighted by Crippen LogP contribution is -2.40. The fraction of sp³-hybridized carbons (Fsp3) is 0.550. The summed E-state index contributed by atoms with van der Waals surface area (Å²) in [5.74, 6) is 2.51. The van der Waals surface area contributed by atoms with Crippen LogP contribution >= 0.6 is 11.3 Å². The number of ketones is 1. The molecule has 0 radical (unpaired) electrons. The zero-order valence-electron chi connectivity index (χ0n) is 15.2. The van der Waals surface area contributed by atoms with Gasteiger partial charge in [0, 0.05) is 37.9 Å². The van der Waals surface area contributed by atoms with Gasteiger partial charge in [0.1, 0.15) is 5.82 Å². The molecule has 138 valence electrons. The predicted molar refractivity (Wildman–Crippen MR) is 102 cm³/mol. The lowest BCUT2D eigenvalue weighted by Gasteiger charge is -2.32. The molecule has 3 heterocycles. The van der Waals surface area contributed by atoms with E-state index in [1.54, 1.807) is 6.92 Å². The fourth-order valence-electron chi connectivity index (χ4n) is 3.77. The third kappa shape index (κ3) is 3.90. The van der Waals surface area contributed by atoms with Gasteiger partial charge in [-0.3, -0.25) is 9.59 Å². The van der Waals surface area contributed by atoms with Gasteiger partial charge in [-0.1, -0.05) is 0 Å². The Hall–Kier alpha value is -1.95. The third-order valence-electron chi connectivity index (χ3n) is 5.39. The number of thiophene rings is 1. The molecule has 1 aliphatic heterocycles. The second kappa shape index (κ2) is 7.35. The Bertz CT molecular complexity index is 806. The minimum Gasteiger partial charge on any atom is -0.342 e. The van der Waals surface area contributed by atoms with E-state index >= 15 is 0 Å². The first-order valence-electron chi connectivity index (χ1n) is 9.47. The molecule has 1 aliphatic carbocycles. The molecule has 0 bridgehead atoms. The van der Waals surface area contributed by atoms with E-state index in [0.29, 0.717) is 12.3 Å². The standard InChI is InChI=1S/C20H25N3O2S/c1-14(24)18-9-16(13-26-18)10-19(25)22-7-2-3-17(12-22)20-21-6-8-23(20)11-15-4-5-15/h6,8-9,13,15,17H,2-5,7,10-12H2,1H3/t17-/m0/s1. The molecule has 6 heteroatoms. The Morgan fingerprint density at radius 1 is 1.31 bits per heavy atom. The van der Waals surface area contributed by atoms with E-state index in [9.17, 15) is 9.59 Å². The topological polar surface area (TPSA) is 55.2 Å². The van der Waals surface area contributed by atoms with Crippen molar-refractivity contribution < 1.29 is 9.59 Å². The monoisotopic (exact) mass is 371 g/mol. The Morgan fingerprint density at radius 2 is 2.15 bits per heavy atom. The van der Waals surface area contributed by atoms with Gasteiger partial charge in [0.15, 0.2) is 5.78 Å². The summed E-state index contributed by atoms with van der Waals surface area (Å²) >= 11 is 1.42. The van der Waals surface area contributed by atoms with E-state index in [2.05, 4.69) is 15.7 Å². The van der Waals surface area contributed by atoms with Gasteiger partial charge in [-0.25, -0.2) is 4.98 Å². The summed E-state index contributed by atoms with van der Waals surface area (Å²) in [5, 5.41) is 1.93. The van der Waals surface area contributed by atoms with E-state index in [1.807, 2.05) is 22.5 Å². The Labute approximate surface area is 158 Å². The quantitative estimate of drug-likeness (QED) is 0.730. The van der Waals surface area contributed by atoms with Crippen LogP contribution in [0.2, 0.25) is 0 Å². The highest BCUT2D eigenvalue weighted by Gasteiger charge is 2.29. The predicted octanol–water partition coefficient (Wildman–Crippen LogP) is 3.51. The van der Waals surface area contributed by atoms with Crippen molar-refractivity contribution in [2.75, 3.05) is 13.1 Å². The molecule has 26 heavy (non-hydrogen) atoms. The van der Waals surface area contributed by atoms with Crippen LogP contribution in [0.25, 0.3) is 0 Å². The summed E-state index contributed by atoms with van der Waals surface area (Å²) in [7, 11) is 0. The molecule has 1 atom stereocenters. The Balaban J connectivity index is 1.40. The first-order valence-corrected chi connectivity index (χ1v) is 10.4. The minimum absolute atomic E-state index is 0.0641. The van der Waals surface area contributed by atoms with E-state index in [4.69, 9.17) is 0 Å². The molecule has 2 fully saturated rings. The molecular weight excluding hydrogens is 346 g/mol. The SMILES string of the molecule is CC(=O)c1cc(CC(=O)N2CCC[C@H](c3nccn3CC3CC3)C2)cs1. The van der Waals surface area contributed by atoms with Crippen molar-refractivity contribution in [3.8, 4) is 0 Å². The second-order valence-electron chi connectivity index (χ2n) is 7.61. The molecule has 2 aliphatic rings. The molecule has 2 aromatic heterocycles. The van der Waals surface area contributed by atoms with Crippen molar-refractivity contribution in [2.45, 2.75) is 51.5 Å². The van der Waals surface area contributed by atoms with E-state index in [0.717, 1.165) is 54.7 Å². The molecule has 0 spiro atoms. The molecular formula is C20H25N3O2S. The average Bonchev–Trinajstić information content (AvgIpc) is 3.12. The number of amides is 1. The number of nitrogens with zero attached hydrogens (tertiary/aromatic N) is 3. The fourth-order valence-corrected chi connectivity index (χ4v) is 4.58. The highest BCUT2D eigenvalue weighted by molar-refractivity contribution is 7.12. The van der Waals surface area contributed by atoms with Crippen LogP contribution in [0.1, 0.15) is 59.6 Å². The summed E-state index contributed by atoms with van der Waals surface area (Å²) in [4.78, 5) is 31.5. The van der Waals surface area contributed by atoms with E-state index < -0.39 is 0 Å². The van der Waals surface area contributed by atoms with Gasteiger partial charge in [0.25, 0.3) is 0 Å². The number of hydrogen-bond acceptors (Lipinski definition) is 4. The summed E-state index contributed by atoms with van der Waals surface area (Å²) in [6, 6.07) is 1.86. The summed E-state index contributed by atoms with van der Waals surface area (Å²) in [5.41, 5.74) is 0.947. The van der Waals surface area contributed by atoms with Gasteiger partial charge >= 0.3 is 0 Å². The van der Waals surface area contributed by atoms with Crippen LogP contribution in [0.3, 0.4) is 0 Å². The molecule has 1 amide bonds. The number of hydrogen-bond donors (Lipinski definition) is 0. The number of rotatable bonds is 6. The lowest BCUT2D eigenvalue weighted by molar-refractivity contribution is -0.131. The van der Waals surface area contributed by atoms with Gasteiger partial charge in [-0.2, -0.15) is 0 Å². The summed E-state index contributed by atoms with van der Waals surface area (Å²) in [6.45, 7) is 4.21. The third-order valence-corrected chi connectivity index (χ3v) is 6.47. The zero-order valence-corrected chi connectivity index (χ0v) is 16.0. The van der Waals surface area contributed by atoms with Gasteiger partial charge in [-0.15, -0.1) is 11.3 Å². The molecule has 1 saturated carbocycles. The number of imidazole rings is 1. The summed E-state index contributed by atoms with van der Waals surface area (Å²) in [6.07, 6.45) is 9.14. The largest absolute Gasteiger partial charge is 0.342 e. The van der Waals surface area contributed by atoms with Crippen LogP contribution in [0.4, 0.5) is 0 Å². The molecule has 0 aromatic carbocycles. The number of Topliss-reactive ketones (excluding diaryl/α,β-unsaturated/α-hetero) is 1. The first-order chi connectivity index (χ1) is 12.6. The van der Waals surface area contributed by atoms with Crippen LogP contribution in [0, 0.1) is 5.92 Å². The molecule has 0 N–H and O–H groups in total. The number of piperidine rings is 1. The first kappa shape index (κ1) is 17.5. The van der Waals surface area contributed by atoms with Gasteiger partial charge in [0.2, 0.25) is 5.91 Å². The van der Waals surface area contributed by atoms with Crippen molar-refractivity contribution in [3.05, 3.63) is 40.1 Å². The van der Waals surface area contributed by atoms with Crippen LogP contribution in [0.15, 0.2) is 23.8 Å². The van der Waals surface area contributed by atoms with Crippen LogP contribution in [-0.4, -0.2) is 39.2 Å². The molecule has 1 saturated heterocycles. The van der Waals surface area contributed by atoms with E-state index in [-0.39, 0.29) is 11.7 Å². The molecule has 5 nitrogen and oxygen atoms in total. The van der Waals surface area contributed by atoms with Gasteiger partial charge in [-0.05, 0) is 55.5 Å². The number of aromatic nitrogens is 2. The maximum Gasteiger partial charge on any atom is 0.227 e. The average molecular weight is 372 g/mol. The van der Waals surface area contributed by atoms with Crippen molar-refractivity contribution in [2.24, 2.45) is 5.92 Å². The van der Waals surface area contributed by atoms with Crippen molar-refractivity contribution in [1.29, 1.82) is 0 Å². The van der Waals surface area contributed by atoms with Gasteiger partial charge < -0.3 is 9.47 Å². The normalized spacial score (nSPS) is 20.3. The van der Waals surface area contributed by atoms with Crippen LogP contribution in [-0.2, 0) is 17.8 Å². The minimum atomic E-state index is 0.0641. The Kier molecular flexibility index (Phi) is 4.94. The van der Waals surface area contributed by atoms with E-state index in [1.165, 1.54) is 24.2 Å². The molecule has 0 unspecified atom stereocenters.